The fourth-order valence-electron chi connectivity index (χ4n) is 1.87. The molecule has 0 aliphatic heterocycles. The van der Waals surface area contributed by atoms with E-state index in [-0.39, 0.29) is 12.6 Å². The van der Waals surface area contributed by atoms with Crippen LogP contribution in [0.2, 0.25) is 0 Å². The normalized spacial score (nSPS) is 11.0. The molecule has 4 nitrogen and oxygen atoms in total. The van der Waals surface area contributed by atoms with Crippen LogP contribution in [0.15, 0.2) is 24.3 Å². The number of methoxy groups -OCH3 is 1. The van der Waals surface area contributed by atoms with Crippen molar-refractivity contribution < 1.29 is 14.6 Å². The molecule has 5 heteroatoms. The van der Waals surface area contributed by atoms with Gasteiger partial charge in [0.05, 0.1) is 18.4 Å². The molecule has 0 saturated carbocycles. The van der Waals surface area contributed by atoms with Gasteiger partial charge in [0.2, 0.25) is 0 Å². The second-order valence-electron chi connectivity index (χ2n) is 4.48. The average Bonchev–Trinajstić information content (AvgIpc) is 2.85. The molecule has 0 unspecified atom stereocenters. The number of ether oxygens (including phenoxy) is 1. The maximum atomic E-state index is 11.3. The molecular formula is C16H17NO3S. The highest BCUT2D eigenvalue weighted by atomic mass is 32.1. The summed E-state index contributed by atoms with van der Waals surface area (Å²) in [6.45, 7) is 2.09. The molecule has 0 fully saturated rings. The number of carbonyl (C=O) groups excluding carboxylic acids is 1. The first kappa shape index (κ1) is 15.4. The highest BCUT2D eigenvalue weighted by molar-refractivity contribution is 7.12. The number of aliphatic hydroxyl groups excluding tert-OH is 1. The smallest absolute Gasteiger partial charge is 0.337 e. The van der Waals surface area contributed by atoms with E-state index in [9.17, 15) is 4.79 Å². The Labute approximate surface area is 127 Å². The molecule has 0 amide bonds. The summed E-state index contributed by atoms with van der Waals surface area (Å²) in [6.07, 6.45) is 4.53. The molecule has 1 aromatic carbocycles. The fourth-order valence-corrected chi connectivity index (χ4v) is 2.83. The molecule has 0 atom stereocenters. The van der Waals surface area contributed by atoms with E-state index in [1.54, 1.807) is 23.5 Å². The van der Waals surface area contributed by atoms with Gasteiger partial charge in [-0.1, -0.05) is 18.2 Å². The summed E-state index contributed by atoms with van der Waals surface area (Å²) in [5, 5.41) is 9.89. The van der Waals surface area contributed by atoms with Crippen molar-refractivity contribution in [3.63, 3.8) is 0 Å². The standard InChI is InChI=1S/C16H17NO3S/c1-11-14(9-10-18)21-15(17-11)8-5-12-3-6-13(7-4-12)16(19)20-2/h3-8,18H,9-10H2,1-2H3. The Balaban J connectivity index is 2.10. The van der Waals surface area contributed by atoms with Gasteiger partial charge in [-0.15, -0.1) is 11.3 Å². The van der Waals surface area contributed by atoms with Crippen molar-refractivity contribution in [3.05, 3.63) is 51.0 Å². The van der Waals surface area contributed by atoms with Crippen molar-refractivity contribution in [1.82, 2.24) is 4.98 Å². The van der Waals surface area contributed by atoms with E-state index in [0.29, 0.717) is 12.0 Å². The van der Waals surface area contributed by atoms with Gasteiger partial charge in [-0.3, -0.25) is 0 Å². The number of esters is 1. The quantitative estimate of drug-likeness (QED) is 0.863. The third kappa shape index (κ3) is 4.00. The molecule has 0 saturated heterocycles. The molecule has 0 aliphatic carbocycles. The SMILES string of the molecule is COC(=O)c1ccc(C=Cc2nc(C)c(CCO)s2)cc1. The first-order chi connectivity index (χ1) is 10.1. The van der Waals surface area contributed by atoms with Crippen LogP contribution in [0.25, 0.3) is 12.2 Å². The molecule has 1 aromatic heterocycles. The van der Waals surface area contributed by atoms with Gasteiger partial charge >= 0.3 is 5.97 Å². The highest BCUT2D eigenvalue weighted by Crippen LogP contribution is 2.20. The van der Waals surface area contributed by atoms with Crippen molar-refractivity contribution in [2.24, 2.45) is 0 Å². The van der Waals surface area contributed by atoms with E-state index >= 15 is 0 Å². The van der Waals surface area contributed by atoms with Gasteiger partial charge < -0.3 is 9.84 Å². The van der Waals surface area contributed by atoms with Crippen LogP contribution in [-0.4, -0.2) is 29.8 Å². The Bertz CT molecular complexity index is 644. The Morgan fingerprint density at radius 1 is 1.33 bits per heavy atom. The van der Waals surface area contributed by atoms with Crippen LogP contribution in [0.5, 0.6) is 0 Å². The second kappa shape index (κ2) is 7.15. The monoisotopic (exact) mass is 303 g/mol. The summed E-state index contributed by atoms with van der Waals surface area (Å²) in [5.41, 5.74) is 2.49. The topological polar surface area (TPSA) is 59.4 Å². The molecule has 0 spiro atoms. The summed E-state index contributed by atoms with van der Waals surface area (Å²) in [6, 6.07) is 7.18. The van der Waals surface area contributed by atoms with Crippen molar-refractivity contribution in [2.45, 2.75) is 13.3 Å². The lowest BCUT2D eigenvalue weighted by atomic mass is 10.1. The minimum absolute atomic E-state index is 0.140. The summed E-state index contributed by atoms with van der Waals surface area (Å²) < 4.78 is 4.66. The third-order valence-corrected chi connectivity index (χ3v) is 4.18. The number of hydrogen-bond donors (Lipinski definition) is 1. The summed E-state index contributed by atoms with van der Waals surface area (Å²) in [4.78, 5) is 16.9. The Kier molecular flexibility index (Phi) is 5.25. The molecule has 1 heterocycles. The number of rotatable bonds is 5. The molecule has 0 bridgehead atoms. The van der Waals surface area contributed by atoms with Gasteiger partial charge in [0, 0.05) is 17.9 Å². The summed E-state index contributed by atoms with van der Waals surface area (Å²) in [5.74, 6) is -0.338. The number of nitrogens with zero attached hydrogens (tertiary/aromatic N) is 1. The predicted octanol–water partition coefficient (Wildman–Crippen LogP) is 2.94. The highest BCUT2D eigenvalue weighted by Gasteiger charge is 2.05. The van der Waals surface area contributed by atoms with Crippen LogP contribution in [0.4, 0.5) is 0 Å². The second-order valence-corrected chi connectivity index (χ2v) is 5.60. The van der Waals surface area contributed by atoms with Crippen LogP contribution in [0.3, 0.4) is 0 Å². The lowest BCUT2D eigenvalue weighted by Gasteiger charge is -1.98. The van der Waals surface area contributed by atoms with Crippen LogP contribution in [0, 0.1) is 6.92 Å². The van der Waals surface area contributed by atoms with Crippen molar-refractivity contribution in [2.75, 3.05) is 13.7 Å². The molecule has 110 valence electrons. The Morgan fingerprint density at radius 3 is 2.67 bits per heavy atom. The number of aromatic nitrogens is 1. The minimum atomic E-state index is -0.338. The minimum Gasteiger partial charge on any atom is -0.465 e. The van der Waals surface area contributed by atoms with Gasteiger partial charge in [-0.2, -0.15) is 0 Å². The molecule has 2 rings (SSSR count). The van der Waals surface area contributed by atoms with E-state index < -0.39 is 0 Å². The molecule has 2 aromatic rings. The molecule has 1 N–H and O–H groups in total. The largest absolute Gasteiger partial charge is 0.465 e. The summed E-state index contributed by atoms with van der Waals surface area (Å²) >= 11 is 1.58. The number of aliphatic hydroxyl groups is 1. The zero-order chi connectivity index (χ0) is 15.2. The van der Waals surface area contributed by atoms with Gasteiger partial charge in [-0.05, 0) is 30.7 Å². The molecule has 0 aliphatic rings. The van der Waals surface area contributed by atoms with E-state index in [4.69, 9.17) is 5.11 Å². The van der Waals surface area contributed by atoms with Crippen molar-refractivity contribution in [3.8, 4) is 0 Å². The first-order valence-corrected chi connectivity index (χ1v) is 7.39. The predicted molar refractivity (Wildman–Crippen MR) is 84.4 cm³/mol. The van der Waals surface area contributed by atoms with E-state index in [1.165, 1.54) is 7.11 Å². The number of thiazole rings is 1. The zero-order valence-corrected chi connectivity index (χ0v) is 12.8. The van der Waals surface area contributed by atoms with Gasteiger partial charge in [0.1, 0.15) is 5.01 Å². The molecule has 21 heavy (non-hydrogen) atoms. The summed E-state index contributed by atoms with van der Waals surface area (Å²) in [7, 11) is 1.37. The van der Waals surface area contributed by atoms with Crippen LogP contribution in [-0.2, 0) is 11.2 Å². The van der Waals surface area contributed by atoms with E-state index in [2.05, 4.69) is 9.72 Å². The average molecular weight is 303 g/mol. The number of benzene rings is 1. The molecule has 0 radical (unpaired) electrons. The number of hydrogen-bond acceptors (Lipinski definition) is 5. The number of carbonyl (C=O) groups is 1. The zero-order valence-electron chi connectivity index (χ0n) is 12.0. The van der Waals surface area contributed by atoms with Gasteiger partial charge in [0.25, 0.3) is 0 Å². The fraction of sp³-hybridized carbons (Fsp3) is 0.250. The van der Waals surface area contributed by atoms with Crippen LogP contribution >= 0.6 is 11.3 Å². The maximum absolute atomic E-state index is 11.3. The van der Waals surface area contributed by atoms with Crippen LogP contribution in [0.1, 0.15) is 31.5 Å². The lowest BCUT2D eigenvalue weighted by molar-refractivity contribution is 0.0600. The lowest BCUT2D eigenvalue weighted by Crippen LogP contribution is -2.00. The van der Waals surface area contributed by atoms with E-state index in [1.807, 2.05) is 31.2 Å². The van der Waals surface area contributed by atoms with Gasteiger partial charge in [0.15, 0.2) is 0 Å². The first-order valence-electron chi connectivity index (χ1n) is 6.57. The van der Waals surface area contributed by atoms with Crippen molar-refractivity contribution >= 4 is 29.5 Å². The molecular weight excluding hydrogens is 286 g/mol. The maximum Gasteiger partial charge on any atom is 0.337 e. The van der Waals surface area contributed by atoms with Gasteiger partial charge in [-0.25, -0.2) is 9.78 Å². The van der Waals surface area contributed by atoms with Crippen LogP contribution < -0.4 is 0 Å². The Morgan fingerprint density at radius 2 is 2.05 bits per heavy atom. The Hall–Kier alpha value is -1.98. The van der Waals surface area contributed by atoms with E-state index in [0.717, 1.165) is 21.1 Å². The number of aryl methyl sites for hydroxylation is 1. The van der Waals surface area contributed by atoms with Crippen molar-refractivity contribution in [1.29, 1.82) is 0 Å². The third-order valence-electron chi connectivity index (χ3n) is 3.00.